The van der Waals surface area contributed by atoms with Gasteiger partial charge in [0.15, 0.2) is 5.82 Å². The van der Waals surface area contributed by atoms with E-state index in [-0.39, 0.29) is 16.5 Å². The van der Waals surface area contributed by atoms with Gasteiger partial charge >= 0.3 is 0 Å². The van der Waals surface area contributed by atoms with Gasteiger partial charge < -0.3 is 5.32 Å². The highest BCUT2D eigenvalue weighted by atomic mass is 35.5. The molecule has 8 heteroatoms. The van der Waals surface area contributed by atoms with E-state index in [1.807, 2.05) is 6.92 Å². The lowest BCUT2D eigenvalue weighted by atomic mass is 10.3. The molecule has 0 aliphatic carbocycles. The van der Waals surface area contributed by atoms with Gasteiger partial charge in [-0.05, 0) is 31.6 Å². The first kappa shape index (κ1) is 16.7. The molecular formula is C11H15Cl2FN2O2S. The van der Waals surface area contributed by atoms with Gasteiger partial charge in [-0.2, -0.15) is 0 Å². The summed E-state index contributed by atoms with van der Waals surface area (Å²) in [6.45, 7) is 3.72. The zero-order valence-electron chi connectivity index (χ0n) is 10.3. The molecule has 0 spiro atoms. The van der Waals surface area contributed by atoms with E-state index in [2.05, 4.69) is 10.0 Å². The Morgan fingerprint density at radius 1 is 1.26 bits per heavy atom. The third kappa shape index (κ3) is 4.57. The highest BCUT2D eigenvalue weighted by molar-refractivity contribution is 7.89. The van der Waals surface area contributed by atoms with Crippen molar-refractivity contribution >= 4 is 33.2 Å². The number of sulfonamides is 1. The largest absolute Gasteiger partial charge is 0.317 e. The minimum Gasteiger partial charge on any atom is -0.317 e. The van der Waals surface area contributed by atoms with Crippen LogP contribution in [-0.2, 0) is 10.0 Å². The molecule has 0 aromatic heterocycles. The van der Waals surface area contributed by atoms with Crippen molar-refractivity contribution in [1.82, 2.24) is 10.0 Å². The van der Waals surface area contributed by atoms with Gasteiger partial charge in [0.1, 0.15) is 4.90 Å². The van der Waals surface area contributed by atoms with Crippen molar-refractivity contribution in [2.45, 2.75) is 18.2 Å². The van der Waals surface area contributed by atoms with Crippen LogP contribution in [0.4, 0.5) is 4.39 Å². The molecule has 0 aliphatic rings. The van der Waals surface area contributed by atoms with E-state index in [1.165, 1.54) is 6.07 Å². The van der Waals surface area contributed by atoms with Crippen LogP contribution in [0.15, 0.2) is 17.0 Å². The first-order valence-corrected chi connectivity index (χ1v) is 7.98. The van der Waals surface area contributed by atoms with Crippen LogP contribution in [0.25, 0.3) is 0 Å². The lowest BCUT2D eigenvalue weighted by molar-refractivity contribution is 0.572. The number of halogens is 3. The van der Waals surface area contributed by atoms with Gasteiger partial charge in [-0.15, -0.1) is 0 Å². The normalized spacial score (nSPS) is 11.8. The van der Waals surface area contributed by atoms with Crippen LogP contribution in [0, 0.1) is 5.82 Å². The smallest absolute Gasteiger partial charge is 0.242 e. The average molecular weight is 329 g/mol. The minimum absolute atomic E-state index is 0.212. The molecule has 0 heterocycles. The SMILES string of the molecule is CCNCCCNS(=O)(=O)c1ccc(Cl)c(F)c1Cl. The molecule has 0 bridgehead atoms. The lowest BCUT2D eigenvalue weighted by Gasteiger charge is -2.09. The standard InChI is InChI=1S/C11H15Cl2FN2O2S/c1-2-15-6-3-7-16-19(17,18)9-5-4-8(12)11(14)10(9)13/h4-5,15-16H,2-3,6-7H2,1H3. The number of benzene rings is 1. The fraction of sp³-hybridized carbons (Fsp3) is 0.455. The lowest BCUT2D eigenvalue weighted by Crippen LogP contribution is -2.27. The van der Waals surface area contributed by atoms with Crippen molar-refractivity contribution in [2.24, 2.45) is 0 Å². The van der Waals surface area contributed by atoms with E-state index in [0.717, 1.165) is 12.6 Å². The third-order valence-electron chi connectivity index (χ3n) is 2.36. The summed E-state index contributed by atoms with van der Waals surface area (Å²) in [6.07, 6.45) is 0.626. The molecule has 1 aromatic rings. The fourth-order valence-electron chi connectivity index (χ4n) is 1.39. The third-order valence-corrected chi connectivity index (χ3v) is 4.64. The average Bonchev–Trinajstić information content (AvgIpc) is 2.35. The van der Waals surface area contributed by atoms with Crippen LogP contribution in [0.5, 0.6) is 0 Å². The van der Waals surface area contributed by atoms with Crippen molar-refractivity contribution in [3.63, 3.8) is 0 Å². The highest BCUT2D eigenvalue weighted by Crippen LogP contribution is 2.29. The van der Waals surface area contributed by atoms with Gasteiger partial charge in [-0.1, -0.05) is 30.1 Å². The van der Waals surface area contributed by atoms with Crippen molar-refractivity contribution in [2.75, 3.05) is 19.6 Å². The molecule has 0 fully saturated rings. The van der Waals surface area contributed by atoms with Crippen LogP contribution in [0.2, 0.25) is 10.0 Å². The minimum atomic E-state index is -3.83. The van der Waals surface area contributed by atoms with Gasteiger partial charge in [0.2, 0.25) is 10.0 Å². The molecule has 19 heavy (non-hydrogen) atoms. The summed E-state index contributed by atoms with van der Waals surface area (Å²) < 4.78 is 39.7. The highest BCUT2D eigenvalue weighted by Gasteiger charge is 2.21. The molecule has 1 aromatic carbocycles. The van der Waals surface area contributed by atoms with Gasteiger partial charge in [0.25, 0.3) is 0 Å². The molecule has 0 radical (unpaired) electrons. The molecule has 0 saturated heterocycles. The monoisotopic (exact) mass is 328 g/mol. The molecule has 0 aliphatic heterocycles. The molecule has 1 rings (SSSR count). The van der Waals surface area contributed by atoms with E-state index >= 15 is 0 Å². The van der Waals surface area contributed by atoms with E-state index in [1.54, 1.807) is 0 Å². The molecule has 0 atom stereocenters. The number of nitrogens with one attached hydrogen (secondary N) is 2. The summed E-state index contributed by atoms with van der Waals surface area (Å²) in [5, 5.41) is 2.36. The molecule has 0 amide bonds. The van der Waals surface area contributed by atoms with E-state index < -0.39 is 20.9 Å². The first-order chi connectivity index (χ1) is 8.90. The second-order valence-corrected chi connectivity index (χ2v) is 6.30. The molecule has 0 unspecified atom stereocenters. The Balaban J connectivity index is 2.75. The molecule has 4 nitrogen and oxygen atoms in total. The molecule has 0 saturated carbocycles. The van der Waals surface area contributed by atoms with Gasteiger partial charge in [-0.3, -0.25) is 0 Å². The maximum absolute atomic E-state index is 13.4. The zero-order chi connectivity index (χ0) is 14.5. The summed E-state index contributed by atoms with van der Waals surface area (Å²) in [5.74, 6) is -0.932. The summed E-state index contributed by atoms with van der Waals surface area (Å²) >= 11 is 11.2. The maximum atomic E-state index is 13.4. The quantitative estimate of drug-likeness (QED) is 0.597. The Bertz CT molecular complexity index is 538. The van der Waals surface area contributed by atoms with E-state index in [0.29, 0.717) is 13.0 Å². The van der Waals surface area contributed by atoms with Crippen LogP contribution < -0.4 is 10.0 Å². The number of rotatable bonds is 7. The Hall–Kier alpha value is -0.400. The Morgan fingerprint density at radius 3 is 2.58 bits per heavy atom. The van der Waals surface area contributed by atoms with E-state index in [9.17, 15) is 12.8 Å². The second-order valence-electron chi connectivity index (χ2n) is 3.78. The summed E-state index contributed by atoms with van der Waals surface area (Å²) in [5.41, 5.74) is 0. The number of hydrogen-bond donors (Lipinski definition) is 2. The van der Waals surface area contributed by atoms with Crippen molar-refractivity contribution in [3.8, 4) is 0 Å². The Morgan fingerprint density at radius 2 is 1.95 bits per heavy atom. The van der Waals surface area contributed by atoms with Crippen LogP contribution in [0.1, 0.15) is 13.3 Å². The first-order valence-electron chi connectivity index (χ1n) is 5.74. The van der Waals surface area contributed by atoms with E-state index in [4.69, 9.17) is 23.2 Å². The molecular weight excluding hydrogens is 314 g/mol. The fourth-order valence-corrected chi connectivity index (χ4v) is 3.21. The van der Waals surface area contributed by atoms with Crippen molar-refractivity contribution in [1.29, 1.82) is 0 Å². The Labute approximate surface area is 122 Å². The molecule has 2 N–H and O–H groups in total. The van der Waals surface area contributed by atoms with Crippen LogP contribution in [0.3, 0.4) is 0 Å². The Kier molecular flexibility index (Phi) is 6.49. The molecule has 108 valence electrons. The van der Waals surface area contributed by atoms with Gasteiger partial charge in [-0.25, -0.2) is 17.5 Å². The van der Waals surface area contributed by atoms with Crippen molar-refractivity contribution < 1.29 is 12.8 Å². The summed E-state index contributed by atoms with van der Waals surface area (Å²) in [6, 6.07) is 2.34. The predicted octanol–water partition coefficient (Wildman–Crippen LogP) is 2.41. The topological polar surface area (TPSA) is 58.2 Å². The number of hydrogen-bond acceptors (Lipinski definition) is 3. The summed E-state index contributed by atoms with van der Waals surface area (Å²) in [4.78, 5) is -0.306. The second kappa shape index (κ2) is 7.40. The maximum Gasteiger partial charge on any atom is 0.242 e. The van der Waals surface area contributed by atoms with Gasteiger partial charge in [0, 0.05) is 6.54 Å². The van der Waals surface area contributed by atoms with Crippen LogP contribution in [-0.4, -0.2) is 28.1 Å². The zero-order valence-corrected chi connectivity index (χ0v) is 12.7. The van der Waals surface area contributed by atoms with Crippen LogP contribution >= 0.6 is 23.2 Å². The summed E-state index contributed by atoms with van der Waals surface area (Å²) in [7, 11) is -3.83. The van der Waals surface area contributed by atoms with Gasteiger partial charge in [0.05, 0.1) is 10.0 Å². The van der Waals surface area contributed by atoms with Crippen molar-refractivity contribution in [3.05, 3.63) is 28.0 Å². The predicted molar refractivity (Wildman–Crippen MR) is 74.8 cm³/mol.